The van der Waals surface area contributed by atoms with Gasteiger partial charge in [-0.05, 0) is 44.7 Å². The number of aromatic nitrogens is 6. The molecule has 1 aliphatic carbocycles. The highest BCUT2D eigenvalue weighted by molar-refractivity contribution is 5.79. The normalized spacial score (nSPS) is 13.1. The molecule has 0 aliphatic heterocycles. The van der Waals surface area contributed by atoms with Crippen molar-refractivity contribution in [2.75, 3.05) is 5.32 Å². The quantitative estimate of drug-likeness (QED) is 0.350. The van der Waals surface area contributed by atoms with Crippen molar-refractivity contribution in [3.63, 3.8) is 0 Å². The van der Waals surface area contributed by atoms with E-state index >= 15 is 0 Å². The summed E-state index contributed by atoms with van der Waals surface area (Å²) in [6, 6.07) is 10.8. The lowest BCUT2D eigenvalue weighted by molar-refractivity contribution is 0.110. The molecule has 4 aromatic rings. The number of aryl methyl sites for hydroxylation is 1. The minimum atomic E-state index is -2.91. The number of hydrogen-bond donors (Lipinski definition) is 1. The lowest BCUT2D eigenvalue weighted by Gasteiger charge is -2.12. The molecule has 1 aromatic carbocycles. The van der Waals surface area contributed by atoms with Crippen LogP contribution in [0.1, 0.15) is 52.1 Å². The van der Waals surface area contributed by atoms with E-state index in [1.165, 1.54) is 19.3 Å². The summed E-state index contributed by atoms with van der Waals surface area (Å²) in [5.74, 6) is 1.75. The van der Waals surface area contributed by atoms with E-state index in [0.717, 1.165) is 46.7 Å². The second-order valence-electron chi connectivity index (χ2n) is 8.74. The van der Waals surface area contributed by atoms with E-state index in [9.17, 15) is 13.6 Å². The summed E-state index contributed by atoms with van der Waals surface area (Å²) in [4.78, 5) is 19.7. The van der Waals surface area contributed by atoms with Crippen LogP contribution in [0.4, 0.5) is 20.4 Å². The average Bonchev–Trinajstić information content (AvgIpc) is 3.56. The van der Waals surface area contributed by atoms with Crippen LogP contribution in [0.5, 0.6) is 0 Å². The molecule has 0 atom stereocenters. The molecule has 9 nitrogen and oxygen atoms in total. The van der Waals surface area contributed by atoms with Gasteiger partial charge in [-0.1, -0.05) is 12.1 Å². The molecule has 3 aromatic heterocycles. The molecule has 0 bridgehead atoms. The van der Waals surface area contributed by atoms with Gasteiger partial charge in [-0.25, -0.2) is 28.1 Å². The Hall–Kier alpha value is -4.46. The molecular formula is C25H22F2N8O. The highest BCUT2D eigenvalue weighted by Crippen LogP contribution is 2.36. The van der Waals surface area contributed by atoms with Gasteiger partial charge in [0.15, 0.2) is 12.1 Å². The maximum Gasteiger partial charge on any atom is 0.281 e. The van der Waals surface area contributed by atoms with E-state index in [1.54, 1.807) is 12.1 Å². The van der Waals surface area contributed by atoms with Gasteiger partial charge in [0.25, 0.3) is 6.43 Å². The van der Waals surface area contributed by atoms with Gasteiger partial charge >= 0.3 is 0 Å². The van der Waals surface area contributed by atoms with Crippen molar-refractivity contribution in [1.29, 1.82) is 5.26 Å². The molecule has 1 fully saturated rings. The fourth-order valence-corrected chi connectivity index (χ4v) is 4.10. The lowest BCUT2D eigenvalue weighted by atomic mass is 10.1. The van der Waals surface area contributed by atoms with Gasteiger partial charge < -0.3 is 5.32 Å². The Labute approximate surface area is 205 Å². The van der Waals surface area contributed by atoms with Gasteiger partial charge in [0.2, 0.25) is 0 Å². The van der Waals surface area contributed by atoms with Crippen molar-refractivity contribution < 1.29 is 13.6 Å². The van der Waals surface area contributed by atoms with Crippen LogP contribution in [-0.4, -0.2) is 35.8 Å². The van der Waals surface area contributed by atoms with Gasteiger partial charge in [0, 0.05) is 23.7 Å². The number of anilines is 2. The number of aldehydes is 1. The van der Waals surface area contributed by atoms with E-state index in [-0.39, 0.29) is 17.1 Å². The number of carbonyl (C=O) groups excluding carboxylic acids is 1. The molecule has 3 heterocycles. The zero-order valence-electron chi connectivity index (χ0n) is 19.6. The van der Waals surface area contributed by atoms with E-state index < -0.39 is 12.1 Å². The van der Waals surface area contributed by atoms with Crippen molar-refractivity contribution >= 4 is 17.9 Å². The predicted molar refractivity (Wildman–Crippen MR) is 127 cm³/mol. The summed E-state index contributed by atoms with van der Waals surface area (Å²) in [6.07, 6.45) is 0.996. The molecule has 5 rings (SSSR count). The summed E-state index contributed by atoms with van der Waals surface area (Å²) in [5, 5.41) is 21.3. The first-order valence-electron chi connectivity index (χ1n) is 11.4. The number of halogens is 2. The van der Waals surface area contributed by atoms with Crippen molar-refractivity contribution in [3.05, 3.63) is 64.7 Å². The molecule has 0 unspecified atom stereocenters. The van der Waals surface area contributed by atoms with E-state index in [2.05, 4.69) is 26.5 Å². The number of hydrogen-bond acceptors (Lipinski definition) is 7. The molecule has 182 valence electrons. The first-order chi connectivity index (χ1) is 17.4. The van der Waals surface area contributed by atoms with Crippen LogP contribution >= 0.6 is 0 Å². The Morgan fingerprint density at radius 3 is 2.58 bits per heavy atom. The summed E-state index contributed by atoms with van der Waals surface area (Å²) in [6.45, 7) is 4.17. The fourth-order valence-electron chi connectivity index (χ4n) is 4.10. The number of carbonyl (C=O) groups is 1. The van der Waals surface area contributed by atoms with Crippen molar-refractivity contribution in [3.8, 4) is 23.1 Å². The topological polar surface area (TPSA) is 114 Å². The summed E-state index contributed by atoms with van der Waals surface area (Å²) >= 11 is 0. The monoisotopic (exact) mass is 488 g/mol. The van der Waals surface area contributed by atoms with Crippen LogP contribution in [0, 0.1) is 31.1 Å². The van der Waals surface area contributed by atoms with Gasteiger partial charge in [-0.2, -0.15) is 15.5 Å². The predicted octanol–water partition coefficient (Wildman–Crippen LogP) is 4.92. The molecule has 0 amide bonds. The zero-order chi connectivity index (χ0) is 25.4. The third-order valence-corrected chi connectivity index (χ3v) is 6.19. The minimum absolute atomic E-state index is 0.109. The third kappa shape index (κ3) is 4.33. The Balaban J connectivity index is 1.53. The second kappa shape index (κ2) is 9.30. The molecule has 1 aliphatic rings. The van der Waals surface area contributed by atoms with E-state index in [4.69, 9.17) is 10.4 Å². The highest BCUT2D eigenvalue weighted by Gasteiger charge is 2.27. The number of benzene rings is 1. The third-order valence-electron chi connectivity index (χ3n) is 6.19. The first kappa shape index (κ1) is 23.3. The molecule has 1 saturated carbocycles. The van der Waals surface area contributed by atoms with Crippen LogP contribution < -0.4 is 5.32 Å². The number of nitrogens with one attached hydrogen (secondary N) is 1. The second-order valence-corrected chi connectivity index (χ2v) is 8.74. The van der Waals surface area contributed by atoms with Crippen LogP contribution in [0.3, 0.4) is 0 Å². The van der Waals surface area contributed by atoms with Crippen molar-refractivity contribution in [1.82, 2.24) is 29.5 Å². The number of nitriles is 1. The molecule has 1 N–H and O–H groups in total. The Morgan fingerprint density at radius 2 is 1.94 bits per heavy atom. The molecule has 36 heavy (non-hydrogen) atoms. The number of alkyl halides is 2. The Bertz CT molecular complexity index is 1480. The maximum atomic E-state index is 13.8. The Morgan fingerprint density at radius 1 is 1.19 bits per heavy atom. The minimum Gasteiger partial charge on any atom is -0.325 e. The van der Waals surface area contributed by atoms with E-state index in [0.29, 0.717) is 23.6 Å². The number of rotatable bonds is 8. The molecule has 0 radical (unpaired) electrons. The van der Waals surface area contributed by atoms with Crippen LogP contribution in [0.2, 0.25) is 0 Å². The van der Waals surface area contributed by atoms with E-state index in [1.807, 2.05) is 23.7 Å². The van der Waals surface area contributed by atoms with Gasteiger partial charge in [0.1, 0.15) is 23.7 Å². The smallest absolute Gasteiger partial charge is 0.281 e. The summed E-state index contributed by atoms with van der Waals surface area (Å²) < 4.78 is 30.4. The highest BCUT2D eigenvalue weighted by atomic mass is 19.3. The SMILES string of the molecule is Cc1nn(-c2cc(Nc3c(C)c(-c4ccc(C#N)cc4)nn3CC3CC3)ncn2)c(C(F)F)c1C=O. The van der Waals surface area contributed by atoms with Crippen molar-refractivity contribution in [2.24, 2.45) is 5.92 Å². The summed E-state index contributed by atoms with van der Waals surface area (Å²) in [5.41, 5.74) is 2.63. The maximum absolute atomic E-state index is 13.8. The average molecular weight is 489 g/mol. The molecular weight excluding hydrogens is 466 g/mol. The molecule has 11 heteroatoms. The standard InChI is InChI=1S/C25H22F2N8O/c1-14-22(18-7-5-16(10-28)6-8-18)33-34(11-17-3-4-17)25(14)31-20-9-21(30-13-29-20)35-23(24(26)27)19(12-36)15(2)32-35/h5-9,12-13,17,24H,3-4,11H2,1-2H3,(H,29,30,31). The van der Waals surface area contributed by atoms with Gasteiger partial charge in [0.05, 0.1) is 28.6 Å². The van der Waals surface area contributed by atoms with Crippen LogP contribution in [0.15, 0.2) is 36.7 Å². The molecule has 0 spiro atoms. The van der Waals surface area contributed by atoms with Gasteiger partial charge in [-0.3, -0.25) is 4.79 Å². The van der Waals surface area contributed by atoms with Crippen LogP contribution in [0.25, 0.3) is 17.1 Å². The fraction of sp³-hybridized carbons (Fsp3) is 0.280. The number of nitrogens with zero attached hydrogens (tertiary/aromatic N) is 7. The first-order valence-corrected chi connectivity index (χ1v) is 11.4. The van der Waals surface area contributed by atoms with Crippen molar-refractivity contribution in [2.45, 2.75) is 39.7 Å². The Kier molecular flexibility index (Phi) is 6.01. The lowest BCUT2D eigenvalue weighted by Crippen LogP contribution is -2.10. The summed E-state index contributed by atoms with van der Waals surface area (Å²) in [7, 11) is 0. The zero-order valence-corrected chi connectivity index (χ0v) is 19.6. The van der Waals surface area contributed by atoms with Gasteiger partial charge in [-0.15, -0.1) is 0 Å². The van der Waals surface area contributed by atoms with Crippen LogP contribution in [-0.2, 0) is 6.54 Å². The largest absolute Gasteiger partial charge is 0.325 e. The molecule has 0 saturated heterocycles.